The van der Waals surface area contributed by atoms with Crippen LogP contribution in [-0.2, 0) is 9.47 Å². The molecule has 0 fully saturated rings. The Labute approximate surface area is 281 Å². The minimum absolute atomic E-state index is 0.00305. The predicted octanol–water partition coefficient (Wildman–Crippen LogP) is 6.49. The number of allylic oxidation sites excluding steroid dienone is 2. The molecule has 1 aromatic heterocycles. The first-order chi connectivity index (χ1) is 23.1. The largest absolute Gasteiger partial charge is 0.507 e. The summed E-state index contributed by atoms with van der Waals surface area (Å²) in [6.07, 6.45) is 1.44. The molecule has 2 unspecified atom stereocenters. The van der Waals surface area contributed by atoms with Crippen LogP contribution >= 0.6 is 0 Å². The van der Waals surface area contributed by atoms with Crippen molar-refractivity contribution in [3.63, 3.8) is 0 Å². The molecule has 0 spiro atoms. The van der Waals surface area contributed by atoms with E-state index in [1.54, 1.807) is 20.8 Å². The quantitative estimate of drug-likeness (QED) is 0.0515. The van der Waals surface area contributed by atoms with Gasteiger partial charge >= 0.3 is 0 Å². The molecule has 0 saturated carbocycles. The Bertz CT molecular complexity index is 2050. The lowest BCUT2D eigenvalue weighted by atomic mass is 9.83. The van der Waals surface area contributed by atoms with Gasteiger partial charge in [0.25, 0.3) is 0 Å². The zero-order valence-electron chi connectivity index (χ0n) is 27.9. The van der Waals surface area contributed by atoms with Crippen molar-refractivity contribution in [2.45, 2.75) is 32.6 Å². The molecule has 0 bridgehead atoms. The molecule has 3 aromatic carbocycles. The maximum absolute atomic E-state index is 13.9. The van der Waals surface area contributed by atoms with Gasteiger partial charge in [-0.25, -0.2) is 0 Å². The number of aliphatic hydroxyl groups is 1. The summed E-state index contributed by atoms with van der Waals surface area (Å²) < 4.78 is 27.1. The van der Waals surface area contributed by atoms with E-state index in [0.29, 0.717) is 11.1 Å². The second-order valence-electron chi connectivity index (χ2n) is 11.2. The van der Waals surface area contributed by atoms with Crippen LogP contribution in [0.5, 0.6) is 46.0 Å². The van der Waals surface area contributed by atoms with Gasteiger partial charge in [0.05, 0.1) is 28.4 Å². The predicted molar refractivity (Wildman–Crippen MR) is 180 cm³/mol. The highest BCUT2D eigenvalue weighted by molar-refractivity contribution is 5.94. The SMILES string of the molecule is C=C(OC)/C(O)=C(\C=C(/C)C(C)c1c(O)c(C(C)c2cc(OC)c(O)c(OC)c2)c2oc(-c3ccc(O)c(O)c3)c(O)c(=O)c2c1O)OC. The van der Waals surface area contributed by atoms with Crippen molar-refractivity contribution < 1.29 is 59.1 Å². The Balaban J connectivity index is 2.14. The third-order valence-corrected chi connectivity index (χ3v) is 8.45. The highest BCUT2D eigenvalue weighted by Crippen LogP contribution is 2.51. The van der Waals surface area contributed by atoms with E-state index in [0.717, 1.165) is 12.1 Å². The summed E-state index contributed by atoms with van der Waals surface area (Å²) in [6.45, 7) is 8.53. The van der Waals surface area contributed by atoms with E-state index in [1.165, 1.54) is 52.7 Å². The van der Waals surface area contributed by atoms with Gasteiger partial charge in [0.1, 0.15) is 22.5 Å². The fourth-order valence-corrected chi connectivity index (χ4v) is 5.45. The molecule has 260 valence electrons. The molecule has 4 aromatic rings. The van der Waals surface area contributed by atoms with Crippen LogP contribution in [0.15, 0.2) is 75.0 Å². The molecule has 49 heavy (non-hydrogen) atoms. The lowest BCUT2D eigenvalue weighted by molar-refractivity contribution is 0.224. The van der Waals surface area contributed by atoms with E-state index in [1.807, 2.05) is 0 Å². The molecule has 13 heteroatoms. The Morgan fingerprint density at radius 2 is 1.43 bits per heavy atom. The lowest BCUT2D eigenvalue weighted by Crippen LogP contribution is -2.10. The van der Waals surface area contributed by atoms with E-state index in [2.05, 4.69) is 6.58 Å². The molecule has 13 nitrogen and oxygen atoms in total. The number of ether oxygens (including phenoxy) is 4. The van der Waals surface area contributed by atoms with Crippen LogP contribution in [-0.4, -0.2) is 64.2 Å². The standard InChI is InChI=1S/C36H38O13/c1-15(11-23(46-6)29(39)18(4)45-5)16(2)26-31(41)27(17(3)20-13-24(47-7)30(40)25(14-20)48-8)36-28(32(26)42)33(43)34(44)35(49-36)19-9-10-21(37)22(38)12-19/h9-14,16-17,37-42,44H,4H2,1-3,5-8H3/b15-11+,29-23-. The molecule has 0 aliphatic carbocycles. The van der Waals surface area contributed by atoms with Crippen LogP contribution in [0.3, 0.4) is 0 Å². The number of methoxy groups -OCH3 is 4. The maximum atomic E-state index is 13.9. The first kappa shape index (κ1) is 35.7. The average Bonchev–Trinajstić information content (AvgIpc) is 3.08. The zero-order valence-corrected chi connectivity index (χ0v) is 27.9. The van der Waals surface area contributed by atoms with Gasteiger partial charge in [-0.1, -0.05) is 26.0 Å². The van der Waals surface area contributed by atoms with Crippen molar-refractivity contribution in [3.8, 4) is 57.3 Å². The second kappa shape index (κ2) is 13.9. The molecular weight excluding hydrogens is 640 g/mol. The number of hydrogen-bond donors (Lipinski definition) is 7. The van der Waals surface area contributed by atoms with Crippen LogP contribution in [0, 0.1) is 0 Å². The number of fused-ring (bicyclic) bond motifs is 1. The minimum Gasteiger partial charge on any atom is -0.507 e. The first-order valence-corrected chi connectivity index (χ1v) is 14.8. The third-order valence-electron chi connectivity index (χ3n) is 8.45. The molecule has 0 aliphatic heterocycles. The zero-order chi connectivity index (χ0) is 36.5. The fourth-order valence-electron chi connectivity index (χ4n) is 5.45. The highest BCUT2D eigenvalue weighted by Gasteiger charge is 2.32. The van der Waals surface area contributed by atoms with Crippen molar-refractivity contribution in [1.82, 2.24) is 0 Å². The summed E-state index contributed by atoms with van der Waals surface area (Å²) in [6, 6.07) is 6.47. The molecule has 0 saturated heterocycles. The molecule has 0 radical (unpaired) electrons. The van der Waals surface area contributed by atoms with Crippen LogP contribution < -0.4 is 14.9 Å². The molecule has 2 atom stereocenters. The highest BCUT2D eigenvalue weighted by atomic mass is 16.5. The number of hydrogen-bond acceptors (Lipinski definition) is 13. The van der Waals surface area contributed by atoms with Crippen molar-refractivity contribution in [1.29, 1.82) is 0 Å². The van der Waals surface area contributed by atoms with Crippen molar-refractivity contribution in [2.24, 2.45) is 0 Å². The number of aromatic hydroxyl groups is 6. The molecule has 0 amide bonds. The normalized spacial score (nSPS) is 13.4. The maximum Gasteiger partial charge on any atom is 0.238 e. The molecule has 1 heterocycles. The van der Waals surface area contributed by atoms with Gasteiger partial charge in [0, 0.05) is 28.5 Å². The minimum atomic E-state index is -1.06. The van der Waals surface area contributed by atoms with Crippen LogP contribution in [0.4, 0.5) is 0 Å². The molecular formula is C36H38O13. The van der Waals surface area contributed by atoms with Gasteiger partial charge < -0.3 is 59.1 Å². The number of benzene rings is 3. The Hall–Kier alpha value is -6.11. The molecule has 7 N–H and O–H groups in total. The molecule has 4 rings (SSSR count). The summed E-state index contributed by atoms with van der Waals surface area (Å²) in [5, 5.41) is 75.3. The Kier molecular flexibility index (Phi) is 10.2. The number of rotatable bonds is 11. The van der Waals surface area contributed by atoms with Crippen molar-refractivity contribution in [2.75, 3.05) is 28.4 Å². The van der Waals surface area contributed by atoms with Crippen molar-refractivity contribution in [3.05, 3.63) is 92.8 Å². The third kappa shape index (κ3) is 6.30. The van der Waals surface area contributed by atoms with Gasteiger partial charge in [-0.3, -0.25) is 4.79 Å². The second-order valence-corrected chi connectivity index (χ2v) is 11.2. The monoisotopic (exact) mass is 678 g/mol. The summed E-state index contributed by atoms with van der Waals surface area (Å²) >= 11 is 0. The summed E-state index contributed by atoms with van der Waals surface area (Å²) in [4.78, 5) is 13.9. The number of phenolic OH excluding ortho intramolecular Hbond substituents is 5. The van der Waals surface area contributed by atoms with Gasteiger partial charge in [0.2, 0.25) is 16.9 Å². The van der Waals surface area contributed by atoms with Crippen LogP contribution in [0.2, 0.25) is 0 Å². The van der Waals surface area contributed by atoms with E-state index in [-0.39, 0.29) is 51.0 Å². The number of phenols is 5. The van der Waals surface area contributed by atoms with Crippen molar-refractivity contribution >= 4 is 11.0 Å². The lowest BCUT2D eigenvalue weighted by Gasteiger charge is -2.24. The summed E-state index contributed by atoms with van der Waals surface area (Å²) in [5.41, 5.74) is -0.620. The first-order valence-electron chi connectivity index (χ1n) is 14.8. The van der Waals surface area contributed by atoms with Gasteiger partial charge in [0.15, 0.2) is 46.0 Å². The van der Waals surface area contributed by atoms with Gasteiger partial charge in [-0.05, 0) is 48.9 Å². The number of aliphatic hydroxyl groups excluding tert-OH is 1. The van der Waals surface area contributed by atoms with Gasteiger partial charge in [-0.15, -0.1) is 0 Å². The summed E-state index contributed by atoms with van der Waals surface area (Å²) in [5.74, 6) is -5.93. The topological polar surface area (TPSA) is 209 Å². The Morgan fingerprint density at radius 3 is 1.96 bits per heavy atom. The van der Waals surface area contributed by atoms with Crippen LogP contribution in [0.1, 0.15) is 49.3 Å². The van der Waals surface area contributed by atoms with Crippen LogP contribution in [0.25, 0.3) is 22.3 Å². The molecule has 0 aliphatic rings. The van der Waals surface area contributed by atoms with E-state index < -0.39 is 62.9 Å². The summed E-state index contributed by atoms with van der Waals surface area (Å²) in [7, 11) is 5.31. The van der Waals surface area contributed by atoms with E-state index in [9.17, 15) is 40.5 Å². The van der Waals surface area contributed by atoms with E-state index in [4.69, 9.17) is 23.4 Å². The Morgan fingerprint density at radius 1 is 0.816 bits per heavy atom. The average molecular weight is 679 g/mol. The smallest absolute Gasteiger partial charge is 0.238 e. The van der Waals surface area contributed by atoms with Gasteiger partial charge in [-0.2, -0.15) is 0 Å². The fraction of sp³-hybridized carbons (Fsp3) is 0.250. The van der Waals surface area contributed by atoms with E-state index >= 15 is 0 Å².